The molecule has 1 aliphatic rings. The summed E-state index contributed by atoms with van der Waals surface area (Å²) in [6.07, 6.45) is 1.89. The number of hydrogen-bond acceptors (Lipinski definition) is 7. The summed E-state index contributed by atoms with van der Waals surface area (Å²) in [7, 11) is 0. The lowest BCUT2D eigenvalue weighted by atomic mass is 9.97. The predicted molar refractivity (Wildman–Crippen MR) is 95.1 cm³/mol. The van der Waals surface area contributed by atoms with Gasteiger partial charge in [0.2, 0.25) is 11.7 Å². The first-order valence-corrected chi connectivity index (χ1v) is 8.44. The lowest BCUT2D eigenvalue weighted by Gasteiger charge is -2.31. The van der Waals surface area contributed by atoms with Crippen molar-refractivity contribution in [3.05, 3.63) is 48.1 Å². The van der Waals surface area contributed by atoms with Crippen LogP contribution in [0.5, 0.6) is 0 Å². The average molecular weight is 336 g/mol. The van der Waals surface area contributed by atoms with E-state index in [2.05, 4.69) is 25.0 Å². The minimum atomic E-state index is 0.279. The molecule has 1 aromatic carbocycles. The van der Waals surface area contributed by atoms with Crippen LogP contribution in [-0.2, 0) is 0 Å². The molecular weight excluding hydrogens is 316 g/mol. The number of nitrogens with two attached hydrogens (primary N) is 1. The fourth-order valence-electron chi connectivity index (χ4n) is 3.20. The van der Waals surface area contributed by atoms with E-state index in [9.17, 15) is 0 Å². The number of piperidine rings is 1. The normalized spacial score (nSPS) is 15.5. The molecule has 0 spiro atoms. The van der Waals surface area contributed by atoms with Crippen LogP contribution in [0.15, 0.2) is 40.9 Å². The van der Waals surface area contributed by atoms with E-state index in [-0.39, 0.29) is 5.92 Å². The quantitative estimate of drug-likeness (QED) is 0.786. The van der Waals surface area contributed by atoms with Crippen LogP contribution in [0.4, 0.5) is 11.6 Å². The van der Waals surface area contributed by atoms with Gasteiger partial charge in [0.05, 0.1) is 0 Å². The highest BCUT2D eigenvalue weighted by molar-refractivity contribution is 5.53. The van der Waals surface area contributed by atoms with Crippen molar-refractivity contribution in [2.75, 3.05) is 23.7 Å². The topological polar surface area (TPSA) is 94.0 Å². The van der Waals surface area contributed by atoms with E-state index in [1.807, 2.05) is 43.3 Å². The van der Waals surface area contributed by atoms with Crippen molar-refractivity contribution in [3.63, 3.8) is 0 Å². The first-order chi connectivity index (χ1) is 12.2. The minimum Gasteiger partial charge on any atom is -0.384 e. The summed E-state index contributed by atoms with van der Waals surface area (Å²) in [5.41, 5.74) is 6.81. The third-order valence-electron chi connectivity index (χ3n) is 4.49. The van der Waals surface area contributed by atoms with Gasteiger partial charge in [-0.2, -0.15) is 4.98 Å². The number of aromatic nitrogens is 4. The van der Waals surface area contributed by atoms with Crippen molar-refractivity contribution < 1.29 is 4.52 Å². The van der Waals surface area contributed by atoms with E-state index in [1.54, 1.807) is 0 Å². The van der Waals surface area contributed by atoms with Crippen LogP contribution in [0.3, 0.4) is 0 Å². The van der Waals surface area contributed by atoms with E-state index in [1.165, 1.54) is 0 Å². The summed E-state index contributed by atoms with van der Waals surface area (Å²) in [5, 5.41) is 4.13. The predicted octanol–water partition coefficient (Wildman–Crippen LogP) is 2.80. The van der Waals surface area contributed by atoms with Gasteiger partial charge in [-0.25, -0.2) is 9.97 Å². The summed E-state index contributed by atoms with van der Waals surface area (Å²) in [5.74, 6) is 3.74. The molecule has 0 radical (unpaired) electrons. The van der Waals surface area contributed by atoms with Crippen molar-refractivity contribution in [1.82, 2.24) is 20.1 Å². The van der Waals surface area contributed by atoms with Gasteiger partial charge in [0, 0.05) is 30.6 Å². The second-order valence-electron chi connectivity index (χ2n) is 6.28. The summed E-state index contributed by atoms with van der Waals surface area (Å²) >= 11 is 0. The molecule has 25 heavy (non-hydrogen) atoms. The van der Waals surface area contributed by atoms with Crippen LogP contribution in [0.1, 0.15) is 30.5 Å². The third kappa shape index (κ3) is 3.31. The van der Waals surface area contributed by atoms with E-state index in [0.29, 0.717) is 17.5 Å². The fourth-order valence-corrected chi connectivity index (χ4v) is 3.20. The van der Waals surface area contributed by atoms with Crippen LogP contribution in [0, 0.1) is 6.92 Å². The molecule has 3 aromatic rings. The Hall–Kier alpha value is -2.96. The lowest BCUT2D eigenvalue weighted by Crippen LogP contribution is -2.33. The SMILES string of the molecule is Cc1nc(N)cc(N2CCC(c3nc(-c4ccccc4)no3)CC2)n1. The Kier molecular flexibility index (Phi) is 4.05. The Bertz CT molecular complexity index is 835. The molecule has 0 aliphatic carbocycles. The maximum atomic E-state index is 5.83. The Morgan fingerprint density at radius 1 is 1.08 bits per heavy atom. The van der Waals surface area contributed by atoms with Crippen LogP contribution in [-0.4, -0.2) is 33.2 Å². The van der Waals surface area contributed by atoms with E-state index < -0.39 is 0 Å². The number of nitrogens with zero attached hydrogens (tertiary/aromatic N) is 5. The molecule has 0 bridgehead atoms. The standard InChI is InChI=1S/C18H20N6O/c1-12-20-15(19)11-16(21-12)24-9-7-14(8-10-24)18-22-17(23-25-18)13-5-3-2-4-6-13/h2-6,11,14H,7-10H2,1H3,(H2,19,20,21). The monoisotopic (exact) mass is 336 g/mol. The van der Waals surface area contributed by atoms with Crippen molar-refractivity contribution in [2.24, 2.45) is 0 Å². The highest BCUT2D eigenvalue weighted by Gasteiger charge is 2.26. The van der Waals surface area contributed by atoms with Gasteiger partial charge in [-0.3, -0.25) is 0 Å². The first-order valence-electron chi connectivity index (χ1n) is 8.44. The van der Waals surface area contributed by atoms with Gasteiger partial charge >= 0.3 is 0 Å². The number of nitrogen functional groups attached to an aromatic ring is 1. The fraction of sp³-hybridized carbons (Fsp3) is 0.333. The Morgan fingerprint density at radius 2 is 1.84 bits per heavy atom. The molecular formula is C18H20N6O. The van der Waals surface area contributed by atoms with Gasteiger partial charge in [-0.15, -0.1) is 0 Å². The van der Waals surface area contributed by atoms with E-state index >= 15 is 0 Å². The first kappa shape index (κ1) is 15.6. The smallest absolute Gasteiger partial charge is 0.230 e. The van der Waals surface area contributed by atoms with Crippen molar-refractivity contribution >= 4 is 11.6 Å². The molecule has 7 heteroatoms. The highest BCUT2D eigenvalue weighted by Crippen LogP contribution is 2.30. The van der Waals surface area contributed by atoms with Crippen LogP contribution >= 0.6 is 0 Å². The minimum absolute atomic E-state index is 0.279. The molecule has 7 nitrogen and oxygen atoms in total. The molecule has 0 saturated carbocycles. The van der Waals surface area contributed by atoms with Gasteiger partial charge in [-0.1, -0.05) is 35.5 Å². The maximum absolute atomic E-state index is 5.83. The molecule has 4 rings (SSSR count). The summed E-state index contributed by atoms with van der Waals surface area (Å²) in [4.78, 5) is 15.4. The van der Waals surface area contributed by atoms with E-state index in [0.717, 1.165) is 43.2 Å². The van der Waals surface area contributed by atoms with E-state index in [4.69, 9.17) is 10.3 Å². The lowest BCUT2D eigenvalue weighted by molar-refractivity contribution is 0.329. The molecule has 0 amide bonds. The third-order valence-corrected chi connectivity index (χ3v) is 4.49. The number of hydrogen-bond donors (Lipinski definition) is 1. The zero-order chi connectivity index (χ0) is 17.2. The van der Waals surface area contributed by atoms with Crippen molar-refractivity contribution in [3.8, 4) is 11.4 Å². The number of benzene rings is 1. The molecule has 0 unspecified atom stereocenters. The Labute approximate surface area is 145 Å². The second-order valence-corrected chi connectivity index (χ2v) is 6.28. The van der Waals surface area contributed by atoms with Gasteiger partial charge < -0.3 is 15.2 Å². The summed E-state index contributed by atoms with van der Waals surface area (Å²) in [6, 6.07) is 11.7. The second kappa shape index (κ2) is 6.51. The van der Waals surface area contributed by atoms with Gasteiger partial charge in [0.15, 0.2) is 0 Å². The number of rotatable bonds is 3. The van der Waals surface area contributed by atoms with Crippen molar-refractivity contribution in [2.45, 2.75) is 25.7 Å². The maximum Gasteiger partial charge on any atom is 0.230 e. The van der Waals surface area contributed by atoms with Gasteiger partial charge in [0.25, 0.3) is 0 Å². The summed E-state index contributed by atoms with van der Waals surface area (Å²) < 4.78 is 5.51. The largest absolute Gasteiger partial charge is 0.384 e. The van der Waals surface area contributed by atoms with Gasteiger partial charge in [-0.05, 0) is 19.8 Å². The van der Waals surface area contributed by atoms with Crippen LogP contribution < -0.4 is 10.6 Å². The zero-order valence-electron chi connectivity index (χ0n) is 14.1. The molecule has 1 fully saturated rings. The molecule has 3 heterocycles. The number of aryl methyl sites for hydroxylation is 1. The zero-order valence-corrected chi connectivity index (χ0v) is 14.1. The average Bonchev–Trinajstić information content (AvgIpc) is 3.12. The molecule has 0 atom stereocenters. The Balaban J connectivity index is 1.45. The summed E-state index contributed by atoms with van der Waals surface area (Å²) in [6.45, 7) is 3.61. The molecule has 1 saturated heterocycles. The molecule has 128 valence electrons. The van der Waals surface area contributed by atoms with Gasteiger partial charge in [0.1, 0.15) is 17.5 Å². The van der Waals surface area contributed by atoms with Crippen molar-refractivity contribution in [1.29, 1.82) is 0 Å². The molecule has 1 aliphatic heterocycles. The molecule has 2 N–H and O–H groups in total. The molecule has 2 aromatic heterocycles. The highest BCUT2D eigenvalue weighted by atomic mass is 16.5. The van der Waals surface area contributed by atoms with Crippen LogP contribution in [0.2, 0.25) is 0 Å². The van der Waals surface area contributed by atoms with Crippen LogP contribution in [0.25, 0.3) is 11.4 Å². The number of anilines is 2. The Morgan fingerprint density at radius 3 is 2.56 bits per heavy atom.